The number of benzene rings is 2. The number of carbonyl (C=O) groups excluding carboxylic acids is 3. The molecule has 3 amide bonds. The number of nitrogens with one attached hydrogen (secondary N) is 1. The number of nitrogens with zero attached hydrogens (tertiary/aromatic N) is 3. The Hall–Kier alpha value is -2.78. The fourth-order valence-corrected chi connectivity index (χ4v) is 5.75. The molecular formula is C26H28BrFN4O3. The van der Waals surface area contributed by atoms with E-state index in [2.05, 4.69) is 49.2 Å². The van der Waals surface area contributed by atoms with Gasteiger partial charge in [0.2, 0.25) is 11.8 Å². The Morgan fingerprint density at radius 1 is 1.06 bits per heavy atom. The fraction of sp³-hybridized carbons (Fsp3) is 0.423. The first-order chi connectivity index (χ1) is 16.9. The molecule has 0 radical (unpaired) electrons. The van der Waals surface area contributed by atoms with Crippen LogP contribution in [-0.2, 0) is 22.6 Å². The summed E-state index contributed by atoms with van der Waals surface area (Å²) in [5.74, 6) is -1.58. The molecule has 0 bridgehead atoms. The van der Waals surface area contributed by atoms with Crippen molar-refractivity contribution < 1.29 is 18.8 Å². The lowest BCUT2D eigenvalue weighted by Crippen LogP contribution is -2.52. The highest BCUT2D eigenvalue weighted by atomic mass is 79.9. The van der Waals surface area contributed by atoms with Gasteiger partial charge in [0.1, 0.15) is 11.9 Å². The molecule has 35 heavy (non-hydrogen) atoms. The molecular weight excluding hydrogens is 515 g/mol. The number of aryl methyl sites for hydroxylation is 1. The monoisotopic (exact) mass is 542 g/mol. The van der Waals surface area contributed by atoms with Crippen molar-refractivity contribution in [2.45, 2.75) is 38.3 Å². The summed E-state index contributed by atoms with van der Waals surface area (Å²) in [7, 11) is 0. The molecule has 9 heteroatoms. The average molecular weight is 543 g/mol. The molecule has 2 fully saturated rings. The molecule has 0 spiro atoms. The van der Waals surface area contributed by atoms with Crippen molar-refractivity contribution in [3.05, 3.63) is 63.4 Å². The minimum Gasteiger partial charge on any atom is -0.369 e. The quantitative estimate of drug-likeness (QED) is 0.568. The Morgan fingerprint density at radius 2 is 1.86 bits per heavy atom. The van der Waals surface area contributed by atoms with Gasteiger partial charge in [0.05, 0.1) is 0 Å². The van der Waals surface area contributed by atoms with Crippen LogP contribution in [0.25, 0.3) is 0 Å². The van der Waals surface area contributed by atoms with E-state index in [0.29, 0.717) is 12.0 Å². The van der Waals surface area contributed by atoms with Crippen LogP contribution in [0.5, 0.6) is 0 Å². The molecule has 3 aliphatic heterocycles. The number of rotatable bonds is 6. The molecule has 3 aliphatic rings. The third-order valence-electron chi connectivity index (χ3n) is 7.14. The molecule has 2 aromatic carbocycles. The maximum Gasteiger partial charge on any atom is 0.255 e. The zero-order valence-corrected chi connectivity index (χ0v) is 21.0. The highest BCUT2D eigenvalue weighted by Crippen LogP contribution is 2.35. The summed E-state index contributed by atoms with van der Waals surface area (Å²) in [6.07, 6.45) is 2.58. The molecule has 7 nitrogen and oxygen atoms in total. The van der Waals surface area contributed by atoms with E-state index in [1.807, 2.05) is 6.07 Å². The second kappa shape index (κ2) is 10.1. The topological polar surface area (TPSA) is 73.0 Å². The number of piperazine rings is 1. The molecule has 2 saturated heterocycles. The van der Waals surface area contributed by atoms with Crippen LogP contribution in [0.1, 0.15) is 40.7 Å². The molecule has 184 valence electrons. The van der Waals surface area contributed by atoms with Gasteiger partial charge in [-0.05, 0) is 55.6 Å². The summed E-state index contributed by atoms with van der Waals surface area (Å²) in [5.41, 5.74) is 3.14. The van der Waals surface area contributed by atoms with Crippen molar-refractivity contribution in [2.24, 2.45) is 0 Å². The highest BCUT2D eigenvalue weighted by molar-refractivity contribution is 9.10. The van der Waals surface area contributed by atoms with E-state index in [1.165, 1.54) is 22.6 Å². The number of halogens is 2. The van der Waals surface area contributed by atoms with E-state index in [0.717, 1.165) is 61.3 Å². The summed E-state index contributed by atoms with van der Waals surface area (Å²) in [5, 5.41) is 2.31. The van der Waals surface area contributed by atoms with Crippen LogP contribution in [0.15, 0.2) is 40.9 Å². The van der Waals surface area contributed by atoms with E-state index in [-0.39, 0.29) is 24.8 Å². The van der Waals surface area contributed by atoms with E-state index in [9.17, 15) is 18.8 Å². The Labute approximate surface area is 212 Å². The third kappa shape index (κ3) is 5.11. The SMILES string of the molecule is O=C1CCC(N2Cc3c(cc(F)cc3N3CCN(CCCc4cccc(Br)c4)CC3)C2=O)C(=O)N1. The van der Waals surface area contributed by atoms with Gasteiger partial charge >= 0.3 is 0 Å². The first-order valence-corrected chi connectivity index (χ1v) is 12.9. The standard InChI is InChI=1S/C26H28BrFN4O3/c27-18-5-1-3-17(13-18)4-2-8-30-9-11-31(12-10-30)23-15-19(28)14-20-21(23)16-32(26(20)35)22-6-7-24(33)29-25(22)34/h1,3,5,13-15,22H,2,4,6-12,16H2,(H,29,33,34). The summed E-state index contributed by atoms with van der Waals surface area (Å²) in [4.78, 5) is 43.0. The molecule has 0 saturated carbocycles. The smallest absolute Gasteiger partial charge is 0.255 e. The highest BCUT2D eigenvalue weighted by Gasteiger charge is 2.41. The molecule has 5 rings (SSSR count). The molecule has 3 heterocycles. The van der Waals surface area contributed by atoms with Gasteiger partial charge in [-0.1, -0.05) is 28.1 Å². The number of fused-ring (bicyclic) bond motifs is 1. The van der Waals surface area contributed by atoms with E-state index >= 15 is 0 Å². The maximum atomic E-state index is 14.5. The van der Waals surface area contributed by atoms with Crippen molar-refractivity contribution in [3.8, 4) is 0 Å². The summed E-state index contributed by atoms with van der Waals surface area (Å²) in [6, 6.07) is 10.5. The predicted molar refractivity (Wildman–Crippen MR) is 134 cm³/mol. The second-order valence-corrected chi connectivity index (χ2v) is 10.3. The number of hydrogen-bond donors (Lipinski definition) is 1. The first-order valence-electron chi connectivity index (χ1n) is 12.1. The zero-order valence-electron chi connectivity index (χ0n) is 19.4. The Morgan fingerprint density at radius 3 is 2.60 bits per heavy atom. The lowest BCUT2D eigenvalue weighted by Gasteiger charge is -2.37. The number of hydrogen-bond acceptors (Lipinski definition) is 5. The van der Waals surface area contributed by atoms with Gasteiger partial charge in [0.25, 0.3) is 5.91 Å². The van der Waals surface area contributed by atoms with Crippen molar-refractivity contribution in [2.75, 3.05) is 37.6 Å². The van der Waals surface area contributed by atoms with Crippen LogP contribution in [0.2, 0.25) is 0 Å². The molecule has 0 aliphatic carbocycles. The lowest BCUT2D eigenvalue weighted by molar-refractivity contribution is -0.136. The predicted octanol–water partition coefficient (Wildman–Crippen LogP) is 3.10. The van der Waals surface area contributed by atoms with Gasteiger partial charge in [-0.25, -0.2) is 4.39 Å². The van der Waals surface area contributed by atoms with Crippen LogP contribution in [0, 0.1) is 5.82 Å². The van der Waals surface area contributed by atoms with Crippen molar-refractivity contribution >= 4 is 39.3 Å². The summed E-state index contributed by atoms with van der Waals surface area (Å²) in [6.45, 7) is 4.49. The molecule has 0 aromatic heterocycles. The number of imide groups is 1. The molecule has 1 N–H and O–H groups in total. The van der Waals surface area contributed by atoms with Crippen LogP contribution in [0.3, 0.4) is 0 Å². The van der Waals surface area contributed by atoms with Gasteiger partial charge in [-0.15, -0.1) is 0 Å². The minimum atomic E-state index is -0.703. The average Bonchev–Trinajstić information content (AvgIpc) is 3.15. The number of piperidine rings is 1. The summed E-state index contributed by atoms with van der Waals surface area (Å²) >= 11 is 3.52. The Kier molecular flexibility index (Phi) is 6.88. The lowest BCUT2D eigenvalue weighted by atomic mass is 10.0. The van der Waals surface area contributed by atoms with Gasteiger partial charge in [0, 0.05) is 60.4 Å². The minimum absolute atomic E-state index is 0.196. The summed E-state index contributed by atoms with van der Waals surface area (Å²) < 4.78 is 15.6. The first kappa shape index (κ1) is 23.9. The third-order valence-corrected chi connectivity index (χ3v) is 7.63. The van der Waals surface area contributed by atoms with Crippen molar-refractivity contribution in [3.63, 3.8) is 0 Å². The van der Waals surface area contributed by atoms with Crippen LogP contribution in [0.4, 0.5) is 10.1 Å². The van der Waals surface area contributed by atoms with Crippen LogP contribution >= 0.6 is 15.9 Å². The zero-order chi connectivity index (χ0) is 24.5. The van der Waals surface area contributed by atoms with Crippen LogP contribution < -0.4 is 10.2 Å². The number of anilines is 1. The number of carbonyl (C=O) groups is 3. The Bertz CT molecular complexity index is 1170. The van der Waals surface area contributed by atoms with Crippen molar-refractivity contribution in [1.29, 1.82) is 0 Å². The molecule has 1 unspecified atom stereocenters. The van der Waals surface area contributed by atoms with E-state index in [4.69, 9.17) is 0 Å². The second-order valence-electron chi connectivity index (χ2n) is 9.41. The van der Waals surface area contributed by atoms with Gasteiger partial charge in [-0.2, -0.15) is 0 Å². The van der Waals surface area contributed by atoms with E-state index < -0.39 is 17.8 Å². The molecule has 2 aromatic rings. The maximum absolute atomic E-state index is 14.5. The van der Waals surface area contributed by atoms with Gasteiger partial charge in [-0.3, -0.25) is 24.6 Å². The fourth-order valence-electron chi connectivity index (χ4n) is 5.30. The van der Waals surface area contributed by atoms with Gasteiger partial charge < -0.3 is 9.80 Å². The van der Waals surface area contributed by atoms with Crippen molar-refractivity contribution in [1.82, 2.24) is 15.1 Å². The Balaban J connectivity index is 1.22. The largest absolute Gasteiger partial charge is 0.369 e. The van der Waals surface area contributed by atoms with Crippen LogP contribution in [-0.4, -0.2) is 66.3 Å². The molecule has 1 atom stereocenters. The van der Waals surface area contributed by atoms with Gasteiger partial charge in [0.15, 0.2) is 0 Å². The normalized spacial score (nSPS) is 20.9. The van der Waals surface area contributed by atoms with E-state index in [1.54, 1.807) is 0 Å². The number of amides is 3.